The maximum atomic E-state index is 13.9. The molecule has 2 rings (SSSR count). The van der Waals surface area contributed by atoms with E-state index < -0.39 is 11.6 Å². The van der Waals surface area contributed by atoms with Crippen molar-refractivity contribution in [3.05, 3.63) is 26.8 Å². The molecule has 5 heteroatoms. The zero-order chi connectivity index (χ0) is 11.7. The summed E-state index contributed by atoms with van der Waals surface area (Å²) in [7, 11) is 0. The van der Waals surface area contributed by atoms with E-state index in [0.717, 1.165) is 19.3 Å². The van der Waals surface area contributed by atoms with Crippen LogP contribution >= 0.6 is 38.5 Å². The first-order valence-electron chi connectivity index (χ1n) is 5.02. The van der Waals surface area contributed by atoms with Crippen LogP contribution in [0.1, 0.15) is 24.8 Å². The Kier molecular flexibility index (Phi) is 4.05. The summed E-state index contributed by atoms with van der Waals surface area (Å²) in [6.45, 7) is 0. The Hall–Kier alpha value is 0.0900. The third kappa shape index (κ3) is 2.34. The van der Waals surface area contributed by atoms with Gasteiger partial charge in [-0.1, -0.05) is 15.9 Å². The zero-order valence-electron chi connectivity index (χ0n) is 8.40. The molecule has 1 nitrogen and oxygen atoms in total. The second kappa shape index (κ2) is 5.16. The molecule has 0 aliphatic heterocycles. The molecule has 0 saturated heterocycles. The molecule has 0 amide bonds. The van der Waals surface area contributed by atoms with E-state index in [-0.39, 0.29) is 20.8 Å². The highest BCUT2D eigenvalue weighted by molar-refractivity contribution is 14.1. The molecule has 0 spiro atoms. The second-order valence-electron chi connectivity index (χ2n) is 3.78. The summed E-state index contributed by atoms with van der Waals surface area (Å²) in [5.41, 5.74) is 0.298. The van der Waals surface area contributed by atoms with Crippen molar-refractivity contribution in [3.8, 4) is 5.75 Å². The monoisotopic (exact) mass is 402 g/mol. The van der Waals surface area contributed by atoms with Crippen LogP contribution in [0.2, 0.25) is 0 Å². The Bertz CT molecular complexity index is 407. The first kappa shape index (κ1) is 12.5. The van der Waals surface area contributed by atoms with Crippen molar-refractivity contribution in [3.63, 3.8) is 0 Å². The van der Waals surface area contributed by atoms with Crippen molar-refractivity contribution < 1.29 is 13.5 Å². The first-order valence-corrected chi connectivity index (χ1v) is 7.22. The highest BCUT2D eigenvalue weighted by atomic mass is 127. The van der Waals surface area contributed by atoms with Gasteiger partial charge in [0.2, 0.25) is 0 Å². The Morgan fingerprint density at radius 1 is 1.44 bits per heavy atom. The van der Waals surface area contributed by atoms with Crippen LogP contribution in [0.3, 0.4) is 0 Å². The molecule has 0 N–H and O–H groups in total. The van der Waals surface area contributed by atoms with Crippen LogP contribution < -0.4 is 4.74 Å². The van der Waals surface area contributed by atoms with Crippen molar-refractivity contribution in [1.82, 2.24) is 0 Å². The van der Waals surface area contributed by atoms with Gasteiger partial charge >= 0.3 is 0 Å². The molecule has 16 heavy (non-hydrogen) atoms. The van der Waals surface area contributed by atoms with Gasteiger partial charge in [0.25, 0.3) is 0 Å². The molecule has 0 atom stereocenters. The molecule has 1 aromatic rings. The Morgan fingerprint density at radius 2 is 2.12 bits per heavy atom. The van der Waals surface area contributed by atoms with Gasteiger partial charge < -0.3 is 4.74 Å². The van der Waals surface area contributed by atoms with E-state index in [1.54, 1.807) is 22.6 Å². The van der Waals surface area contributed by atoms with Gasteiger partial charge in [-0.3, -0.25) is 0 Å². The van der Waals surface area contributed by atoms with E-state index in [2.05, 4.69) is 15.9 Å². The summed E-state index contributed by atoms with van der Waals surface area (Å²) in [5.74, 6) is -0.805. The molecule has 1 fully saturated rings. The average Bonchev–Trinajstić information content (AvgIpc) is 2.21. The number of hydrogen-bond donors (Lipinski definition) is 0. The van der Waals surface area contributed by atoms with Crippen LogP contribution in [-0.4, -0.2) is 6.10 Å². The molecule has 1 aliphatic carbocycles. The summed E-state index contributed by atoms with van der Waals surface area (Å²) in [5, 5.41) is 0.285. The zero-order valence-corrected chi connectivity index (χ0v) is 12.1. The van der Waals surface area contributed by atoms with Crippen LogP contribution in [0.25, 0.3) is 0 Å². The van der Waals surface area contributed by atoms with Gasteiger partial charge in [0.1, 0.15) is 5.82 Å². The van der Waals surface area contributed by atoms with Crippen molar-refractivity contribution in [1.29, 1.82) is 0 Å². The Morgan fingerprint density at radius 3 is 2.62 bits per heavy atom. The van der Waals surface area contributed by atoms with Crippen LogP contribution in [0.15, 0.2) is 6.07 Å². The lowest BCUT2D eigenvalue weighted by Crippen LogP contribution is -2.25. The number of halogens is 4. The number of benzene rings is 1. The first-order chi connectivity index (χ1) is 7.63. The predicted octanol–water partition coefficient (Wildman–Crippen LogP) is 4.40. The van der Waals surface area contributed by atoms with E-state index in [4.69, 9.17) is 4.74 Å². The minimum Gasteiger partial charge on any atom is -0.486 e. The lowest BCUT2D eigenvalue weighted by atomic mass is 9.96. The van der Waals surface area contributed by atoms with E-state index >= 15 is 0 Å². The van der Waals surface area contributed by atoms with Crippen LogP contribution in [0.5, 0.6) is 5.75 Å². The summed E-state index contributed by atoms with van der Waals surface area (Å²) in [6, 6.07) is 1.21. The van der Waals surface area contributed by atoms with Gasteiger partial charge in [-0.2, -0.15) is 0 Å². The molecule has 0 aromatic heterocycles. The quantitative estimate of drug-likeness (QED) is 0.413. The van der Waals surface area contributed by atoms with E-state index in [1.807, 2.05) is 0 Å². The summed E-state index contributed by atoms with van der Waals surface area (Å²) in [4.78, 5) is 0. The third-order valence-electron chi connectivity index (χ3n) is 2.67. The normalized spacial score (nSPS) is 16.0. The molecular formula is C11H10BrF2IO. The largest absolute Gasteiger partial charge is 0.486 e. The number of ether oxygens (including phenoxy) is 1. The molecule has 0 unspecified atom stereocenters. The minimum atomic E-state index is -0.449. The van der Waals surface area contributed by atoms with Gasteiger partial charge in [-0.25, -0.2) is 8.78 Å². The fourth-order valence-electron chi connectivity index (χ4n) is 1.49. The number of hydrogen-bond acceptors (Lipinski definition) is 1. The van der Waals surface area contributed by atoms with Crippen molar-refractivity contribution in [2.24, 2.45) is 0 Å². The van der Waals surface area contributed by atoms with E-state index in [1.165, 1.54) is 6.07 Å². The topological polar surface area (TPSA) is 9.23 Å². The van der Waals surface area contributed by atoms with Gasteiger partial charge in [-0.05, 0) is 47.9 Å². The molecule has 0 radical (unpaired) electrons. The number of rotatable bonds is 3. The summed E-state index contributed by atoms with van der Waals surface area (Å²) < 4.78 is 33.1. The molecule has 0 bridgehead atoms. The standard InChI is InChI=1S/C11H10BrF2IO/c12-5-6-4-8(13)10(15)11(9(6)14)16-7-2-1-3-7/h4,7H,1-3,5H2. The van der Waals surface area contributed by atoms with Crippen molar-refractivity contribution in [2.75, 3.05) is 0 Å². The molecular weight excluding hydrogens is 393 g/mol. The fraction of sp³-hybridized carbons (Fsp3) is 0.455. The van der Waals surface area contributed by atoms with E-state index in [0.29, 0.717) is 5.56 Å². The fourth-order valence-corrected chi connectivity index (χ4v) is 2.41. The third-order valence-corrected chi connectivity index (χ3v) is 4.28. The van der Waals surface area contributed by atoms with Gasteiger partial charge in [0.15, 0.2) is 11.6 Å². The number of alkyl halides is 1. The van der Waals surface area contributed by atoms with Gasteiger partial charge in [-0.15, -0.1) is 0 Å². The van der Waals surface area contributed by atoms with Crippen LogP contribution in [0.4, 0.5) is 8.78 Å². The Balaban J connectivity index is 2.35. The molecule has 1 aromatic carbocycles. The van der Waals surface area contributed by atoms with Crippen LogP contribution in [0, 0.1) is 15.2 Å². The molecule has 0 heterocycles. The molecule has 1 saturated carbocycles. The smallest absolute Gasteiger partial charge is 0.171 e. The van der Waals surface area contributed by atoms with E-state index in [9.17, 15) is 8.78 Å². The Labute approximate surface area is 115 Å². The van der Waals surface area contributed by atoms with Gasteiger partial charge in [0, 0.05) is 10.9 Å². The maximum absolute atomic E-state index is 13.9. The molecule has 88 valence electrons. The lowest BCUT2D eigenvalue weighted by Gasteiger charge is -2.27. The lowest BCUT2D eigenvalue weighted by molar-refractivity contribution is 0.113. The SMILES string of the molecule is Fc1cc(CBr)c(F)c(OC2CCC2)c1I. The minimum absolute atomic E-state index is 0.0491. The van der Waals surface area contributed by atoms with Crippen molar-refractivity contribution in [2.45, 2.75) is 30.7 Å². The van der Waals surface area contributed by atoms with Gasteiger partial charge in [0.05, 0.1) is 9.67 Å². The molecule has 1 aliphatic rings. The van der Waals surface area contributed by atoms with Crippen LogP contribution in [-0.2, 0) is 5.33 Å². The average molecular weight is 403 g/mol. The summed E-state index contributed by atoms with van der Waals surface area (Å²) in [6.07, 6.45) is 3.00. The summed E-state index contributed by atoms with van der Waals surface area (Å²) >= 11 is 4.92. The second-order valence-corrected chi connectivity index (χ2v) is 5.42. The van der Waals surface area contributed by atoms with Crippen molar-refractivity contribution >= 4 is 38.5 Å². The highest BCUT2D eigenvalue weighted by Crippen LogP contribution is 2.34. The highest BCUT2D eigenvalue weighted by Gasteiger charge is 2.24. The maximum Gasteiger partial charge on any atom is 0.171 e. The predicted molar refractivity (Wildman–Crippen MR) is 70.0 cm³/mol.